The number of alkyl halides is 1. The van der Waals surface area contributed by atoms with Gasteiger partial charge in [-0.25, -0.2) is 9.18 Å². The van der Waals surface area contributed by atoms with Crippen LogP contribution in [0, 0.1) is 5.82 Å². The molecule has 1 aliphatic heterocycles. The molecule has 0 aliphatic carbocycles. The third-order valence-electron chi connectivity index (χ3n) is 2.74. The van der Waals surface area contributed by atoms with E-state index in [-0.39, 0.29) is 0 Å². The topological polar surface area (TPSA) is 38.8 Å². The van der Waals surface area contributed by atoms with Gasteiger partial charge in [0.1, 0.15) is 11.4 Å². The Bertz CT molecular complexity index is 451. The Balaban J connectivity index is 2.34. The highest BCUT2D eigenvalue weighted by Gasteiger charge is 2.73. The summed E-state index contributed by atoms with van der Waals surface area (Å²) in [4.78, 5) is 11.4. The van der Waals surface area contributed by atoms with E-state index in [1.165, 1.54) is 25.3 Å². The number of hydrogen-bond acceptors (Lipinski definition) is 3. The number of benzene rings is 1. The van der Waals surface area contributed by atoms with Crippen molar-refractivity contribution in [3.63, 3.8) is 0 Å². The molecule has 2 unspecified atom stereocenters. The molecule has 0 aromatic heterocycles. The molecule has 3 nitrogen and oxygen atoms in total. The predicted molar refractivity (Wildman–Crippen MR) is 55.4 cm³/mol. The number of halogens is 2. The summed E-state index contributed by atoms with van der Waals surface area (Å²) in [6, 6.07) is 5.78. The molecule has 1 fully saturated rings. The van der Waals surface area contributed by atoms with Gasteiger partial charge in [-0.1, -0.05) is 23.7 Å². The Morgan fingerprint density at radius 3 is 2.81 bits per heavy atom. The van der Waals surface area contributed by atoms with Gasteiger partial charge < -0.3 is 9.47 Å². The fourth-order valence-corrected chi connectivity index (χ4v) is 1.99. The van der Waals surface area contributed by atoms with E-state index in [2.05, 4.69) is 4.74 Å². The van der Waals surface area contributed by atoms with Crippen LogP contribution >= 0.6 is 11.6 Å². The largest absolute Gasteiger partial charge is 0.466 e. The van der Waals surface area contributed by atoms with Crippen LogP contribution in [0.15, 0.2) is 24.3 Å². The van der Waals surface area contributed by atoms with Crippen LogP contribution < -0.4 is 0 Å². The van der Waals surface area contributed by atoms with Crippen LogP contribution in [0.5, 0.6) is 0 Å². The van der Waals surface area contributed by atoms with Gasteiger partial charge in [0.05, 0.1) is 7.11 Å². The number of epoxide rings is 1. The second-order valence-corrected chi connectivity index (χ2v) is 4.26. The second-order valence-electron chi connectivity index (χ2n) is 3.73. The molecule has 16 heavy (non-hydrogen) atoms. The normalized spacial score (nSPS) is 32.2. The molecule has 1 aromatic carbocycles. The van der Waals surface area contributed by atoms with Gasteiger partial charge >= 0.3 is 5.97 Å². The molecule has 1 aromatic rings. The number of esters is 1. The molecule has 0 bridgehead atoms. The molecular formula is C11H10ClFO3. The Kier molecular flexibility index (Phi) is 2.44. The molecule has 0 radical (unpaired) electrons. The van der Waals surface area contributed by atoms with Crippen molar-refractivity contribution in [1.82, 2.24) is 0 Å². The zero-order chi connectivity index (χ0) is 12.0. The van der Waals surface area contributed by atoms with E-state index >= 15 is 0 Å². The highest BCUT2D eigenvalue weighted by Crippen LogP contribution is 2.58. The Morgan fingerprint density at radius 1 is 1.56 bits per heavy atom. The first-order valence-electron chi connectivity index (χ1n) is 4.67. The number of hydrogen-bond donors (Lipinski definition) is 0. The first-order chi connectivity index (χ1) is 7.44. The van der Waals surface area contributed by atoms with E-state index in [9.17, 15) is 9.18 Å². The third kappa shape index (κ3) is 1.41. The SMILES string of the molecule is COC(=O)C1(Cl)OC1(C)c1cccc(F)c1. The zero-order valence-corrected chi connectivity index (χ0v) is 9.55. The van der Waals surface area contributed by atoms with Gasteiger partial charge in [0, 0.05) is 0 Å². The van der Waals surface area contributed by atoms with Crippen LogP contribution in [0.25, 0.3) is 0 Å². The summed E-state index contributed by atoms with van der Waals surface area (Å²) in [5.41, 5.74) is -0.531. The summed E-state index contributed by atoms with van der Waals surface area (Å²) < 4.78 is 22.8. The zero-order valence-electron chi connectivity index (χ0n) is 8.79. The molecular weight excluding hydrogens is 235 g/mol. The molecule has 1 aliphatic rings. The fraction of sp³-hybridized carbons (Fsp3) is 0.364. The summed E-state index contributed by atoms with van der Waals surface area (Å²) in [6.45, 7) is 1.62. The smallest absolute Gasteiger partial charge is 0.357 e. The van der Waals surface area contributed by atoms with Crippen LogP contribution in [0.2, 0.25) is 0 Å². The lowest BCUT2D eigenvalue weighted by atomic mass is 9.97. The lowest BCUT2D eigenvalue weighted by Gasteiger charge is -2.09. The van der Waals surface area contributed by atoms with Gasteiger partial charge in [-0.2, -0.15) is 0 Å². The minimum Gasteiger partial charge on any atom is -0.466 e. The van der Waals surface area contributed by atoms with Gasteiger partial charge in [0.15, 0.2) is 0 Å². The van der Waals surface area contributed by atoms with Crippen LogP contribution in [-0.2, 0) is 19.9 Å². The maximum atomic E-state index is 13.0. The summed E-state index contributed by atoms with van der Waals surface area (Å²) in [7, 11) is 1.22. The molecule has 0 amide bonds. The van der Waals surface area contributed by atoms with E-state index in [4.69, 9.17) is 16.3 Å². The van der Waals surface area contributed by atoms with Crippen LogP contribution in [-0.4, -0.2) is 18.1 Å². The van der Waals surface area contributed by atoms with Gasteiger partial charge in [-0.05, 0) is 24.6 Å². The molecule has 1 saturated heterocycles. The summed E-state index contributed by atoms with van der Waals surface area (Å²) in [5.74, 6) is -1.08. The third-order valence-corrected chi connectivity index (χ3v) is 3.33. The van der Waals surface area contributed by atoms with Crippen LogP contribution in [0.1, 0.15) is 12.5 Å². The van der Waals surface area contributed by atoms with Gasteiger partial charge in [-0.3, -0.25) is 0 Å². The number of methoxy groups -OCH3 is 1. The second kappa shape index (κ2) is 3.43. The Hall–Kier alpha value is -1.13. The first kappa shape index (κ1) is 11.4. The van der Waals surface area contributed by atoms with E-state index in [1.54, 1.807) is 13.0 Å². The summed E-state index contributed by atoms with van der Waals surface area (Å²) in [5, 5.41) is -1.55. The molecule has 0 N–H and O–H groups in total. The maximum Gasteiger partial charge on any atom is 0.357 e. The lowest BCUT2D eigenvalue weighted by Crippen LogP contribution is -2.26. The minimum atomic E-state index is -1.55. The van der Waals surface area contributed by atoms with Crippen molar-refractivity contribution in [3.05, 3.63) is 35.6 Å². The average Bonchev–Trinajstić information content (AvgIpc) is 2.84. The summed E-state index contributed by atoms with van der Waals surface area (Å²) >= 11 is 5.97. The van der Waals surface area contributed by atoms with Gasteiger partial charge in [0.25, 0.3) is 5.06 Å². The number of carbonyl (C=O) groups excluding carboxylic acids is 1. The number of rotatable bonds is 2. The highest BCUT2D eigenvalue weighted by atomic mass is 35.5. The maximum absolute atomic E-state index is 13.0. The minimum absolute atomic E-state index is 0.405. The first-order valence-corrected chi connectivity index (χ1v) is 5.05. The fourth-order valence-electron chi connectivity index (χ4n) is 1.65. The number of carbonyl (C=O) groups is 1. The standard InChI is InChI=1S/C11H10ClFO3/c1-10(7-4-3-5-8(13)6-7)11(12,16-10)9(14)15-2/h3-6H,1-2H3. The van der Waals surface area contributed by atoms with Gasteiger partial charge in [-0.15, -0.1) is 0 Å². The molecule has 86 valence electrons. The molecule has 2 rings (SSSR count). The van der Waals surface area contributed by atoms with Crippen LogP contribution in [0.4, 0.5) is 4.39 Å². The van der Waals surface area contributed by atoms with Crippen molar-refractivity contribution in [3.8, 4) is 0 Å². The van der Waals surface area contributed by atoms with E-state index < -0.39 is 22.4 Å². The van der Waals surface area contributed by atoms with Crippen molar-refractivity contribution in [2.24, 2.45) is 0 Å². The van der Waals surface area contributed by atoms with Crippen molar-refractivity contribution in [2.45, 2.75) is 17.6 Å². The summed E-state index contributed by atoms with van der Waals surface area (Å²) in [6.07, 6.45) is 0. The lowest BCUT2D eigenvalue weighted by molar-refractivity contribution is -0.143. The van der Waals surface area contributed by atoms with Gasteiger partial charge in [0.2, 0.25) is 0 Å². The Labute approximate surface area is 97.1 Å². The number of ether oxygens (including phenoxy) is 2. The van der Waals surface area contributed by atoms with E-state index in [0.29, 0.717) is 5.56 Å². The Morgan fingerprint density at radius 2 is 2.25 bits per heavy atom. The molecule has 1 heterocycles. The molecule has 2 atom stereocenters. The van der Waals surface area contributed by atoms with Crippen molar-refractivity contribution in [1.29, 1.82) is 0 Å². The predicted octanol–water partition coefficient (Wildman–Crippen LogP) is 2.18. The monoisotopic (exact) mass is 244 g/mol. The molecule has 5 heteroatoms. The van der Waals surface area contributed by atoms with E-state index in [1.807, 2.05) is 0 Å². The van der Waals surface area contributed by atoms with Crippen molar-refractivity contribution in [2.75, 3.05) is 7.11 Å². The molecule has 0 saturated carbocycles. The van der Waals surface area contributed by atoms with Crippen molar-refractivity contribution < 1.29 is 18.7 Å². The van der Waals surface area contributed by atoms with Crippen LogP contribution in [0.3, 0.4) is 0 Å². The quantitative estimate of drug-likeness (QED) is 0.455. The molecule has 0 spiro atoms. The van der Waals surface area contributed by atoms with E-state index in [0.717, 1.165) is 0 Å². The highest BCUT2D eigenvalue weighted by molar-refractivity contribution is 6.35. The average molecular weight is 245 g/mol. The van der Waals surface area contributed by atoms with Crippen molar-refractivity contribution >= 4 is 17.6 Å².